The van der Waals surface area contributed by atoms with E-state index in [0.29, 0.717) is 5.92 Å². The number of hydrogen-bond donors (Lipinski definition) is 2. The fraction of sp³-hybridized carbons (Fsp3) is 0.412. The van der Waals surface area contributed by atoms with Crippen molar-refractivity contribution in [3.8, 4) is 0 Å². The fourth-order valence-corrected chi connectivity index (χ4v) is 2.85. The van der Waals surface area contributed by atoms with Crippen LogP contribution in [0.25, 0.3) is 10.8 Å². The molecule has 0 aromatic heterocycles. The maximum Gasteiger partial charge on any atom is 0.0468 e. The first-order chi connectivity index (χ1) is 9.26. The Balaban J connectivity index is 2.30. The molecule has 3 N–H and O–H groups in total. The van der Waals surface area contributed by atoms with E-state index < -0.39 is 0 Å². The van der Waals surface area contributed by atoms with Crippen LogP contribution in [0.3, 0.4) is 0 Å². The summed E-state index contributed by atoms with van der Waals surface area (Å²) in [7, 11) is 0. The number of nitrogens with two attached hydrogens (primary N) is 1. The maximum atomic E-state index is 5.79. The van der Waals surface area contributed by atoms with Gasteiger partial charge >= 0.3 is 0 Å². The van der Waals surface area contributed by atoms with Gasteiger partial charge in [0.25, 0.3) is 0 Å². The van der Waals surface area contributed by atoms with Crippen LogP contribution in [-0.4, -0.2) is 0 Å². The minimum atomic E-state index is 0.229. The van der Waals surface area contributed by atoms with E-state index in [1.165, 1.54) is 29.2 Å². The summed E-state index contributed by atoms with van der Waals surface area (Å²) >= 11 is 0. The smallest absolute Gasteiger partial charge is 0.0468 e. The van der Waals surface area contributed by atoms with Gasteiger partial charge in [0.1, 0.15) is 0 Å². The van der Waals surface area contributed by atoms with Gasteiger partial charge in [-0.15, -0.1) is 0 Å². The van der Waals surface area contributed by atoms with Crippen molar-refractivity contribution in [1.29, 1.82) is 0 Å². The highest BCUT2D eigenvalue weighted by atomic mass is 15.2. The third-order valence-electron chi connectivity index (χ3n) is 3.82. The van der Waals surface area contributed by atoms with Crippen LogP contribution in [0, 0.1) is 5.92 Å². The summed E-state index contributed by atoms with van der Waals surface area (Å²) in [5.74, 6) is 6.48. The van der Waals surface area contributed by atoms with E-state index >= 15 is 0 Å². The molecule has 0 aliphatic carbocycles. The number of hydrazine groups is 1. The van der Waals surface area contributed by atoms with Gasteiger partial charge in [-0.1, -0.05) is 69.2 Å². The third kappa shape index (κ3) is 3.34. The van der Waals surface area contributed by atoms with Crippen LogP contribution < -0.4 is 11.3 Å². The van der Waals surface area contributed by atoms with Crippen LogP contribution in [0.2, 0.25) is 0 Å². The highest BCUT2D eigenvalue weighted by Gasteiger charge is 2.15. The van der Waals surface area contributed by atoms with Crippen molar-refractivity contribution in [2.45, 2.75) is 39.2 Å². The van der Waals surface area contributed by atoms with Gasteiger partial charge in [0, 0.05) is 6.04 Å². The van der Waals surface area contributed by atoms with E-state index in [9.17, 15) is 0 Å². The maximum absolute atomic E-state index is 5.79. The second-order valence-corrected chi connectivity index (χ2v) is 5.42. The molecule has 0 heterocycles. The molecule has 0 aliphatic rings. The molecule has 0 bridgehead atoms. The quantitative estimate of drug-likeness (QED) is 0.601. The average molecular weight is 256 g/mol. The molecule has 19 heavy (non-hydrogen) atoms. The molecule has 2 unspecified atom stereocenters. The van der Waals surface area contributed by atoms with Crippen LogP contribution in [0.5, 0.6) is 0 Å². The SMILES string of the molecule is CCCC(C)CC(NN)c1cccc2ccccc12. The lowest BCUT2D eigenvalue weighted by molar-refractivity contribution is 0.396. The van der Waals surface area contributed by atoms with Crippen LogP contribution in [0.4, 0.5) is 0 Å². The Morgan fingerprint density at radius 2 is 1.84 bits per heavy atom. The van der Waals surface area contributed by atoms with E-state index in [0.717, 1.165) is 6.42 Å². The van der Waals surface area contributed by atoms with Gasteiger partial charge in [-0.05, 0) is 28.7 Å². The van der Waals surface area contributed by atoms with Crippen LogP contribution in [0.1, 0.15) is 44.7 Å². The van der Waals surface area contributed by atoms with Crippen molar-refractivity contribution in [2.75, 3.05) is 0 Å². The molecule has 0 radical (unpaired) electrons. The molecule has 2 aromatic rings. The summed E-state index contributed by atoms with van der Waals surface area (Å²) in [6.45, 7) is 4.54. The van der Waals surface area contributed by atoms with Gasteiger partial charge in [-0.25, -0.2) is 0 Å². The van der Waals surface area contributed by atoms with Crippen LogP contribution in [0.15, 0.2) is 42.5 Å². The minimum Gasteiger partial charge on any atom is -0.271 e. The van der Waals surface area contributed by atoms with Crippen LogP contribution in [-0.2, 0) is 0 Å². The van der Waals surface area contributed by atoms with Gasteiger partial charge in [0.2, 0.25) is 0 Å². The van der Waals surface area contributed by atoms with Crippen LogP contribution >= 0.6 is 0 Å². The molecule has 2 aromatic carbocycles. The summed E-state index contributed by atoms with van der Waals surface area (Å²) in [5.41, 5.74) is 4.31. The number of rotatable bonds is 6. The Bertz CT molecular complexity index is 516. The minimum absolute atomic E-state index is 0.229. The zero-order valence-corrected chi connectivity index (χ0v) is 11.9. The van der Waals surface area contributed by atoms with Gasteiger partial charge in [0.15, 0.2) is 0 Å². The Hall–Kier alpha value is -1.38. The molecule has 0 fully saturated rings. The Morgan fingerprint density at radius 3 is 2.58 bits per heavy atom. The third-order valence-corrected chi connectivity index (χ3v) is 3.82. The van der Waals surface area contributed by atoms with E-state index in [1.807, 2.05) is 0 Å². The fourth-order valence-electron chi connectivity index (χ4n) is 2.85. The first-order valence-corrected chi connectivity index (χ1v) is 7.20. The first-order valence-electron chi connectivity index (χ1n) is 7.20. The van der Waals surface area contributed by atoms with Crippen molar-refractivity contribution in [3.63, 3.8) is 0 Å². The lowest BCUT2D eigenvalue weighted by Crippen LogP contribution is -2.29. The molecule has 0 spiro atoms. The first kappa shape index (κ1) is 14.0. The monoisotopic (exact) mass is 256 g/mol. The van der Waals surface area contributed by atoms with E-state index in [4.69, 9.17) is 5.84 Å². The lowest BCUT2D eigenvalue weighted by atomic mass is 9.90. The molecular weight excluding hydrogens is 232 g/mol. The normalized spacial score (nSPS) is 14.5. The van der Waals surface area contributed by atoms with Crippen molar-refractivity contribution in [1.82, 2.24) is 5.43 Å². The zero-order chi connectivity index (χ0) is 13.7. The molecule has 2 nitrogen and oxygen atoms in total. The Kier molecular flexibility index (Phi) is 4.94. The van der Waals surface area contributed by atoms with Gasteiger partial charge in [-0.2, -0.15) is 0 Å². The van der Waals surface area contributed by atoms with E-state index in [2.05, 4.69) is 61.7 Å². The van der Waals surface area contributed by atoms with Crippen molar-refractivity contribution < 1.29 is 0 Å². The van der Waals surface area contributed by atoms with E-state index in [-0.39, 0.29) is 6.04 Å². The largest absolute Gasteiger partial charge is 0.271 e. The van der Waals surface area contributed by atoms with Crippen molar-refractivity contribution in [3.05, 3.63) is 48.0 Å². The van der Waals surface area contributed by atoms with Crippen molar-refractivity contribution >= 4 is 10.8 Å². The van der Waals surface area contributed by atoms with Gasteiger partial charge in [-0.3, -0.25) is 11.3 Å². The molecule has 102 valence electrons. The summed E-state index contributed by atoms with van der Waals surface area (Å²) < 4.78 is 0. The second-order valence-electron chi connectivity index (χ2n) is 5.42. The van der Waals surface area contributed by atoms with Gasteiger partial charge < -0.3 is 0 Å². The highest BCUT2D eigenvalue weighted by molar-refractivity contribution is 5.86. The zero-order valence-electron chi connectivity index (χ0n) is 11.9. The highest BCUT2D eigenvalue weighted by Crippen LogP contribution is 2.29. The molecule has 2 atom stereocenters. The van der Waals surface area contributed by atoms with Crippen molar-refractivity contribution in [2.24, 2.45) is 11.8 Å². The van der Waals surface area contributed by atoms with Gasteiger partial charge in [0.05, 0.1) is 0 Å². The summed E-state index contributed by atoms with van der Waals surface area (Å²) in [6.07, 6.45) is 3.56. The second kappa shape index (κ2) is 6.69. The predicted molar refractivity (Wildman–Crippen MR) is 82.7 cm³/mol. The number of hydrogen-bond acceptors (Lipinski definition) is 2. The number of nitrogens with one attached hydrogen (secondary N) is 1. The predicted octanol–water partition coefficient (Wildman–Crippen LogP) is 4.17. The molecule has 0 saturated heterocycles. The number of benzene rings is 2. The topological polar surface area (TPSA) is 38.0 Å². The summed E-state index contributed by atoms with van der Waals surface area (Å²) in [5, 5.41) is 2.58. The Labute approximate surface area is 116 Å². The molecule has 2 heteroatoms. The summed E-state index contributed by atoms with van der Waals surface area (Å²) in [4.78, 5) is 0. The average Bonchev–Trinajstić information content (AvgIpc) is 2.44. The molecule has 0 saturated carbocycles. The molecule has 0 aliphatic heterocycles. The van der Waals surface area contributed by atoms with E-state index in [1.54, 1.807) is 0 Å². The standard InChI is InChI=1S/C17H24N2/c1-3-7-13(2)12-17(19-18)16-11-6-9-14-8-4-5-10-15(14)16/h4-6,8-11,13,17,19H,3,7,12,18H2,1-2H3. The molecule has 2 rings (SSSR count). The lowest BCUT2D eigenvalue weighted by Gasteiger charge is -2.22. The Morgan fingerprint density at radius 1 is 1.11 bits per heavy atom. The number of fused-ring (bicyclic) bond motifs is 1. The summed E-state index contributed by atoms with van der Waals surface area (Å²) in [6, 6.07) is 15.2. The molecular formula is C17H24N2. The molecule has 0 amide bonds.